The number of Topliss-reactive ketones (excluding diaryl/α,β-unsaturated/α-hetero) is 2. The highest BCUT2D eigenvalue weighted by Crippen LogP contribution is 2.64. The number of benzene rings is 2. The van der Waals surface area contributed by atoms with E-state index in [2.05, 4.69) is 9.88 Å². The number of ketones is 2. The van der Waals surface area contributed by atoms with E-state index >= 15 is 4.39 Å². The van der Waals surface area contributed by atoms with Gasteiger partial charge in [-0.3, -0.25) is 19.5 Å². The van der Waals surface area contributed by atoms with Crippen LogP contribution in [0.4, 0.5) is 4.39 Å². The molecule has 6 rings (SSSR count). The Kier molecular flexibility index (Phi) is 8.13. The maximum absolute atomic E-state index is 15.3. The van der Waals surface area contributed by atoms with E-state index in [-0.39, 0.29) is 35.1 Å². The Labute approximate surface area is 251 Å². The summed E-state index contributed by atoms with van der Waals surface area (Å²) in [5.41, 5.74) is -0.161. The monoisotopic (exact) mass is 590 g/mol. The smallest absolute Gasteiger partial charge is 0.166 e. The number of pyridine rings is 1. The molecule has 0 radical (unpaired) electrons. The molecular formula is C34H39FN2O6. The van der Waals surface area contributed by atoms with Crippen LogP contribution in [-0.2, 0) is 20.7 Å². The second kappa shape index (κ2) is 11.8. The molecule has 228 valence electrons. The number of nitrogens with zero attached hydrogens (tertiary/aromatic N) is 2. The quantitative estimate of drug-likeness (QED) is 0.205. The lowest BCUT2D eigenvalue weighted by Crippen LogP contribution is -2.44. The van der Waals surface area contributed by atoms with E-state index in [1.807, 2.05) is 13.8 Å². The molecule has 3 aromatic rings. The molecule has 2 heterocycles. The number of rotatable bonds is 11. The van der Waals surface area contributed by atoms with Gasteiger partial charge in [0.1, 0.15) is 11.5 Å². The van der Waals surface area contributed by atoms with Crippen molar-refractivity contribution in [1.82, 2.24) is 9.88 Å². The van der Waals surface area contributed by atoms with Crippen molar-refractivity contribution in [3.63, 3.8) is 0 Å². The first-order valence-electron chi connectivity index (χ1n) is 15.2. The van der Waals surface area contributed by atoms with Gasteiger partial charge in [0, 0.05) is 50.1 Å². The fourth-order valence-electron chi connectivity index (χ4n) is 7.31. The molecule has 3 aliphatic rings. The Hall–Kier alpha value is -3.56. The van der Waals surface area contributed by atoms with Gasteiger partial charge in [-0.1, -0.05) is 19.9 Å². The number of ether oxygens (including phenoxy) is 4. The van der Waals surface area contributed by atoms with Crippen molar-refractivity contribution in [3.05, 3.63) is 54.0 Å². The Morgan fingerprint density at radius 2 is 1.91 bits per heavy atom. The Balaban J connectivity index is 1.15. The molecule has 43 heavy (non-hydrogen) atoms. The lowest BCUT2D eigenvalue weighted by molar-refractivity contribution is -0.142. The lowest BCUT2D eigenvalue weighted by Gasteiger charge is -2.35. The Bertz CT molecular complexity index is 1530. The second-order valence-electron chi connectivity index (χ2n) is 12.4. The molecular weight excluding hydrogens is 551 g/mol. The van der Waals surface area contributed by atoms with Crippen LogP contribution in [0.5, 0.6) is 23.0 Å². The average Bonchev–Trinajstić information content (AvgIpc) is 3.37. The summed E-state index contributed by atoms with van der Waals surface area (Å²) in [6, 6.07) is 9.82. The molecule has 2 aromatic carbocycles. The molecule has 0 amide bonds. The predicted octanol–water partition coefficient (Wildman–Crippen LogP) is 5.78. The summed E-state index contributed by atoms with van der Waals surface area (Å²) in [4.78, 5) is 33.2. The average molecular weight is 591 g/mol. The minimum absolute atomic E-state index is 0.0176. The highest BCUT2D eigenvalue weighted by Gasteiger charge is 2.67. The Morgan fingerprint density at radius 3 is 2.60 bits per heavy atom. The summed E-state index contributed by atoms with van der Waals surface area (Å²) in [6.07, 6.45) is 4.43. The third kappa shape index (κ3) is 5.38. The molecule has 2 saturated carbocycles. The highest BCUT2D eigenvalue weighted by molar-refractivity contribution is 6.11. The zero-order valence-electron chi connectivity index (χ0n) is 25.1. The van der Waals surface area contributed by atoms with Gasteiger partial charge in [-0.15, -0.1) is 0 Å². The number of morpholine rings is 1. The van der Waals surface area contributed by atoms with Crippen LogP contribution in [0.1, 0.15) is 45.1 Å². The third-order valence-corrected chi connectivity index (χ3v) is 9.92. The molecule has 0 spiro atoms. The van der Waals surface area contributed by atoms with Gasteiger partial charge < -0.3 is 18.9 Å². The minimum Gasteiger partial charge on any atom is -0.493 e. The molecule has 1 aromatic heterocycles. The molecule has 9 heteroatoms. The van der Waals surface area contributed by atoms with Crippen molar-refractivity contribution in [2.75, 3.05) is 46.6 Å². The lowest BCUT2D eigenvalue weighted by atomic mass is 9.65. The summed E-state index contributed by atoms with van der Waals surface area (Å²) in [7, 11) is 1.57. The summed E-state index contributed by atoms with van der Waals surface area (Å²) in [5.74, 6) is 1.15. The van der Waals surface area contributed by atoms with Crippen molar-refractivity contribution in [1.29, 1.82) is 0 Å². The Morgan fingerprint density at radius 1 is 1.09 bits per heavy atom. The zero-order valence-corrected chi connectivity index (χ0v) is 25.1. The van der Waals surface area contributed by atoms with Crippen LogP contribution >= 0.6 is 0 Å². The van der Waals surface area contributed by atoms with Gasteiger partial charge in [-0.2, -0.15) is 0 Å². The molecule has 1 saturated heterocycles. The van der Waals surface area contributed by atoms with Crippen molar-refractivity contribution < 1.29 is 32.9 Å². The van der Waals surface area contributed by atoms with E-state index in [4.69, 9.17) is 18.9 Å². The van der Waals surface area contributed by atoms with Crippen LogP contribution in [0.25, 0.3) is 10.9 Å². The first-order valence-corrected chi connectivity index (χ1v) is 15.2. The molecule has 0 N–H and O–H groups in total. The van der Waals surface area contributed by atoms with E-state index in [9.17, 15) is 9.59 Å². The van der Waals surface area contributed by atoms with Gasteiger partial charge in [0.15, 0.2) is 28.8 Å². The van der Waals surface area contributed by atoms with Gasteiger partial charge in [0.05, 0.1) is 37.9 Å². The van der Waals surface area contributed by atoms with Gasteiger partial charge in [0.2, 0.25) is 0 Å². The number of halogens is 1. The van der Waals surface area contributed by atoms with E-state index in [1.54, 1.807) is 37.6 Å². The van der Waals surface area contributed by atoms with Gasteiger partial charge >= 0.3 is 0 Å². The fraction of sp³-hybridized carbons (Fsp3) is 0.500. The molecule has 1 aliphatic heterocycles. The number of hydrogen-bond donors (Lipinski definition) is 0. The van der Waals surface area contributed by atoms with Crippen molar-refractivity contribution in [2.45, 2.75) is 46.0 Å². The minimum atomic E-state index is -0.955. The molecule has 2 aliphatic carbocycles. The number of carbonyl (C=O) groups excluding carboxylic acids is 2. The van der Waals surface area contributed by atoms with Crippen LogP contribution in [-0.4, -0.2) is 68.0 Å². The normalized spacial score (nSPS) is 23.1. The summed E-state index contributed by atoms with van der Waals surface area (Å²) < 4.78 is 38.4. The number of aromatic nitrogens is 1. The van der Waals surface area contributed by atoms with Crippen LogP contribution in [0.3, 0.4) is 0 Å². The first kappa shape index (κ1) is 29.5. The van der Waals surface area contributed by atoms with E-state index < -0.39 is 11.2 Å². The molecule has 3 fully saturated rings. The highest BCUT2D eigenvalue weighted by atomic mass is 19.1. The summed E-state index contributed by atoms with van der Waals surface area (Å²) in [5, 5.41) is 0.649. The van der Waals surface area contributed by atoms with Crippen LogP contribution in [0.2, 0.25) is 0 Å². The number of carbonyl (C=O) groups is 2. The fourth-order valence-corrected chi connectivity index (χ4v) is 7.31. The van der Waals surface area contributed by atoms with Crippen molar-refractivity contribution >= 4 is 22.5 Å². The second-order valence-corrected chi connectivity index (χ2v) is 12.4. The summed E-state index contributed by atoms with van der Waals surface area (Å²) in [6.45, 7) is 8.94. The first-order chi connectivity index (χ1) is 20.7. The van der Waals surface area contributed by atoms with Gasteiger partial charge in [-0.25, -0.2) is 4.39 Å². The molecule has 2 unspecified atom stereocenters. The van der Waals surface area contributed by atoms with Crippen LogP contribution < -0.4 is 14.2 Å². The molecule has 2 bridgehead atoms. The molecule has 8 nitrogen and oxygen atoms in total. The maximum Gasteiger partial charge on any atom is 0.166 e. The number of methoxy groups -OCH3 is 1. The van der Waals surface area contributed by atoms with Crippen molar-refractivity contribution in [3.8, 4) is 23.0 Å². The molecule has 2 atom stereocenters. The van der Waals surface area contributed by atoms with Crippen molar-refractivity contribution in [2.24, 2.45) is 16.7 Å². The van der Waals surface area contributed by atoms with Gasteiger partial charge in [-0.05, 0) is 60.4 Å². The van der Waals surface area contributed by atoms with E-state index in [0.717, 1.165) is 45.7 Å². The number of hydrogen-bond acceptors (Lipinski definition) is 8. The van der Waals surface area contributed by atoms with E-state index in [1.165, 1.54) is 12.1 Å². The largest absolute Gasteiger partial charge is 0.493 e. The standard InChI is InChI=1S/C34H39FN2O6/c1-33(2)23-7-9-34(33,32(39)19-23)31(38)18-22-5-6-28(25(35)17-22)43-27-8-10-36-26-21-30(29(40-3)20-24(26)27)42-14-4-11-37-12-15-41-16-13-37/h5-6,8,10,17,20-21,23H,4,7,9,11-16,18-19H2,1-3H3. The topological polar surface area (TPSA) is 87.2 Å². The van der Waals surface area contributed by atoms with E-state index in [0.29, 0.717) is 53.2 Å². The third-order valence-electron chi connectivity index (χ3n) is 9.92. The van der Waals surface area contributed by atoms with Crippen LogP contribution in [0.15, 0.2) is 42.6 Å². The SMILES string of the molecule is COc1cc2c(Oc3ccc(CC(=O)C45CCC(CC4=O)C5(C)C)cc3F)ccnc2cc1OCCCN1CCOCC1. The van der Waals surface area contributed by atoms with Gasteiger partial charge in [0.25, 0.3) is 0 Å². The maximum atomic E-state index is 15.3. The zero-order chi connectivity index (χ0) is 30.2. The summed E-state index contributed by atoms with van der Waals surface area (Å²) >= 11 is 0. The van der Waals surface area contributed by atoms with Crippen LogP contribution in [0, 0.1) is 22.6 Å². The predicted molar refractivity (Wildman–Crippen MR) is 159 cm³/mol. The number of fused-ring (bicyclic) bond motifs is 3.